The van der Waals surface area contributed by atoms with Gasteiger partial charge in [0.25, 0.3) is 11.6 Å². The molecule has 20 heavy (non-hydrogen) atoms. The van der Waals surface area contributed by atoms with Gasteiger partial charge in [-0.05, 0) is 6.07 Å². The third-order valence-corrected chi connectivity index (χ3v) is 3.35. The van der Waals surface area contributed by atoms with Gasteiger partial charge in [0.05, 0.1) is 16.6 Å². The quantitative estimate of drug-likeness (QED) is 0.334. The van der Waals surface area contributed by atoms with Gasteiger partial charge in [-0.25, -0.2) is 0 Å². The number of nitrogens with one attached hydrogen (secondary N) is 2. The Labute approximate surface area is 115 Å². The largest absolute Gasteiger partial charge is 0.393 e. The average Bonchev–Trinajstić information content (AvgIpc) is 2.81. The molecule has 2 unspecified atom stereocenters. The number of nitrogens with zero attached hydrogens (tertiary/aromatic N) is 1. The van der Waals surface area contributed by atoms with E-state index in [0.717, 1.165) is 0 Å². The van der Waals surface area contributed by atoms with Crippen LogP contribution in [0.15, 0.2) is 18.2 Å². The number of nitrogens with two attached hydrogens (primary N) is 1. The molecule has 1 saturated heterocycles. The molecule has 1 heterocycles. The molecular formula is C12H16N4O4. The predicted molar refractivity (Wildman–Crippen MR) is 72.2 cm³/mol. The van der Waals surface area contributed by atoms with Gasteiger partial charge in [0.2, 0.25) is 0 Å². The number of β-amino-alcohol motifs (C(OH)–C–C–N with tert-alkyl or cyclic N) is 1. The second-order valence-corrected chi connectivity index (χ2v) is 4.69. The number of hydrogen-bond acceptors (Lipinski definition) is 6. The number of carbonyl (C=O) groups is 1. The van der Waals surface area contributed by atoms with E-state index in [1.54, 1.807) is 0 Å². The fourth-order valence-electron chi connectivity index (χ4n) is 2.16. The minimum absolute atomic E-state index is 0.0691. The normalized spacial score (nSPS) is 21.6. The summed E-state index contributed by atoms with van der Waals surface area (Å²) in [5.74, 6) is -0.552. The van der Waals surface area contributed by atoms with Gasteiger partial charge in [-0.3, -0.25) is 14.9 Å². The van der Waals surface area contributed by atoms with Crippen LogP contribution in [0.1, 0.15) is 10.4 Å². The van der Waals surface area contributed by atoms with Crippen LogP contribution in [0.3, 0.4) is 0 Å². The number of aliphatic hydroxyl groups excluding tert-OH is 1. The van der Waals surface area contributed by atoms with Gasteiger partial charge >= 0.3 is 0 Å². The molecule has 1 amide bonds. The number of carbonyl (C=O) groups excluding carboxylic acids is 1. The molecular weight excluding hydrogens is 264 g/mol. The number of anilines is 1. The molecule has 8 nitrogen and oxygen atoms in total. The monoisotopic (exact) mass is 280 g/mol. The Bertz CT molecular complexity index is 534. The maximum Gasteiger partial charge on any atom is 0.292 e. The van der Waals surface area contributed by atoms with Crippen LogP contribution in [0.25, 0.3) is 0 Å². The highest BCUT2D eigenvalue weighted by Gasteiger charge is 2.26. The first-order valence-corrected chi connectivity index (χ1v) is 6.20. The van der Waals surface area contributed by atoms with Crippen molar-refractivity contribution in [1.29, 1.82) is 0 Å². The van der Waals surface area contributed by atoms with Crippen LogP contribution in [-0.4, -0.2) is 41.7 Å². The van der Waals surface area contributed by atoms with E-state index in [4.69, 9.17) is 5.73 Å². The molecule has 108 valence electrons. The number of rotatable bonds is 4. The van der Waals surface area contributed by atoms with Crippen LogP contribution < -0.4 is 16.4 Å². The Balaban J connectivity index is 2.06. The van der Waals surface area contributed by atoms with Crippen LogP contribution >= 0.6 is 0 Å². The molecule has 5 N–H and O–H groups in total. The third kappa shape index (κ3) is 2.86. The topological polar surface area (TPSA) is 131 Å². The van der Waals surface area contributed by atoms with Gasteiger partial charge in [-0.15, -0.1) is 0 Å². The highest BCUT2D eigenvalue weighted by Crippen LogP contribution is 2.24. The number of nitro benzene ring substituents is 1. The van der Waals surface area contributed by atoms with Crippen LogP contribution in [0.4, 0.5) is 11.4 Å². The maximum absolute atomic E-state index is 12.0. The maximum atomic E-state index is 12.0. The standard InChI is InChI=1S/C12H16N4O4/c13-11-8(2-1-3-9(11)16(19)20)12(18)15-5-7-4-14-6-10(7)17/h1-3,7,10,14,17H,4-6,13H2,(H,15,18). The molecule has 1 aromatic rings. The Morgan fingerprint density at radius 2 is 2.30 bits per heavy atom. The van der Waals surface area contributed by atoms with Gasteiger partial charge in [0.1, 0.15) is 5.69 Å². The second kappa shape index (κ2) is 5.85. The van der Waals surface area contributed by atoms with Gasteiger partial charge in [-0.2, -0.15) is 0 Å². The van der Waals surface area contributed by atoms with Gasteiger partial charge in [0, 0.05) is 31.6 Å². The fourth-order valence-corrected chi connectivity index (χ4v) is 2.16. The molecule has 1 aromatic carbocycles. The second-order valence-electron chi connectivity index (χ2n) is 4.69. The molecule has 1 aliphatic rings. The van der Waals surface area contributed by atoms with Crippen LogP contribution in [0.5, 0.6) is 0 Å². The minimum Gasteiger partial charge on any atom is -0.393 e. The molecule has 0 radical (unpaired) electrons. The number of para-hydroxylation sites is 1. The zero-order chi connectivity index (χ0) is 14.7. The van der Waals surface area contributed by atoms with Crippen LogP contribution in [0.2, 0.25) is 0 Å². The number of aliphatic hydroxyl groups is 1. The zero-order valence-electron chi connectivity index (χ0n) is 10.7. The van der Waals surface area contributed by atoms with Crippen molar-refractivity contribution >= 4 is 17.3 Å². The lowest BCUT2D eigenvalue weighted by molar-refractivity contribution is -0.383. The van der Waals surface area contributed by atoms with Crippen LogP contribution in [0, 0.1) is 16.0 Å². The Kier molecular flexibility index (Phi) is 4.16. The lowest BCUT2D eigenvalue weighted by Gasteiger charge is -2.14. The fraction of sp³-hybridized carbons (Fsp3) is 0.417. The van der Waals surface area contributed by atoms with Crippen molar-refractivity contribution in [3.05, 3.63) is 33.9 Å². The first-order valence-electron chi connectivity index (χ1n) is 6.20. The van der Waals surface area contributed by atoms with E-state index in [9.17, 15) is 20.0 Å². The minimum atomic E-state index is -0.628. The number of amides is 1. The summed E-state index contributed by atoms with van der Waals surface area (Å²) in [7, 11) is 0. The molecule has 8 heteroatoms. The van der Waals surface area contributed by atoms with Crippen molar-refractivity contribution in [2.24, 2.45) is 5.92 Å². The number of nitro groups is 1. The van der Waals surface area contributed by atoms with Crippen molar-refractivity contribution in [2.45, 2.75) is 6.10 Å². The van der Waals surface area contributed by atoms with E-state index in [-0.39, 0.29) is 29.4 Å². The molecule has 1 aliphatic heterocycles. The van der Waals surface area contributed by atoms with E-state index in [0.29, 0.717) is 13.1 Å². The Morgan fingerprint density at radius 1 is 1.55 bits per heavy atom. The summed E-state index contributed by atoms with van der Waals surface area (Å²) < 4.78 is 0. The SMILES string of the molecule is Nc1c(C(=O)NCC2CNCC2O)cccc1[N+](=O)[O-]. The molecule has 2 atom stereocenters. The smallest absolute Gasteiger partial charge is 0.292 e. The summed E-state index contributed by atoms with van der Waals surface area (Å²) in [6.07, 6.45) is -0.502. The van der Waals surface area contributed by atoms with Gasteiger partial charge < -0.3 is 21.5 Å². The van der Waals surface area contributed by atoms with E-state index >= 15 is 0 Å². The molecule has 0 spiro atoms. The van der Waals surface area contributed by atoms with Crippen molar-refractivity contribution in [3.8, 4) is 0 Å². The highest BCUT2D eigenvalue weighted by molar-refractivity contribution is 6.00. The Hall–Kier alpha value is -2.19. The Morgan fingerprint density at radius 3 is 2.90 bits per heavy atom. The molecule has 0 aromatic heterocycles. The van der Waals surface area contributed by atoms with Crippen molar-refractivity contribution < 1.29 is 14.8 Å². The first-order chi connectivity index (χ1) is 9.50. The summed E-state index contributed by atoms with van der Waals surface area (Å²) in [6.45, 7) is 1.40. The number of benzene rings is 1. The van der Waals surface area contributed by atoms with E-state index in [1.165, 1.54) is 18.2 Å². The first kappa shape index (κ1) is 14.2. The number of hydrogen-bond donors (Lipinski definition) is 4. The molecule has 2 rings (SSSR count). The average molecular weight is 280 g/mol. The third-order valence-electron chi connectivity index (χ3n) is 3.35. The van der Waals surface area contributed by atoms with Gasteiger partial charge in [0.15, 0.2) is 0 Å². The summed E-state index contributed by atoms with van der Waals surface area (Å²) in [5, 5.41) is 26.0. The van der Waals surface area contributed by atoms with E-state index < -0.39 is 16.9 Å². The van der Waals surface area contributed by atoms with Crippen LogP contribution in [-0.2, 0) is 0 Å². The van der Waals surface area contributed by atoms with Crippen molar-refractivity contribution in [2.75, 3.05) is 25.4 Å². The van der Waals surface area contributed by atoms with E-state index in [2.05, 4.69) is 10.6 Å². The molecule has 0 bridgehead atoms. The lowest BCUT2D eigenvalue weighted by atomic mass is 10.1. The molecule has 0 saturated carbocycles. The van der Waals surface area contributed by atoms with Gasteiger partial charge in [-0.1, -0.05) is 6.07 Å². The predicted octanol–water partition coefficient (Wildman–Crippen LogP) is -0.513. The molecule has 1 fully saturated rings. The van der Waals surface area contributed by atoms with Crippen molar-refractivity contribution in [3.63, 3.8) is 0 Å². The summed E-state index contributed by atoms with van der Waals surface area (Å²) >= 11 is 0. The highest BCUT2D eigenvalue weighted by atomic mass is 16.6. The van der Waals surface area contributed by atoms with Crippen molar-refractivity contribution in [1.82, 2.24) is 10.6 Å². The molecule has 0 aliphatic carbocycles. The van der Waals surface area contributed by atoms with E-state index in [1.807, 2.05) is 0 Å². The lowest BCUT2D eigenvalue weighted by Crippen LogP contribution is -2.34. The summed E-state index contributed by atoms with van der Waals surface area (Å²) in [5.41, 5.74) is 5.26. The summed E-state index contributed by atoms with van der Waals surface area (Å²) in [4.78, 5) is 22.1. The summed E-state index contributed by atoms with van der Waals surface area (Å²) in [6, 6.07) is 4.09. The zero-order valence-corrected chi connectivity index (χ0v) is 10.7. The number of nitrogen functional groups attached to an aromatic ring is 1.